The lowest BCUT2D eigenvalue weighted by molar-refractivity contribution is -0.125. The van der Waals surface area contributed by atoms with Gasteiger partial charge in [0.25, 0.3) is 0 Å². The lowest BCUT2D eigenvalue weighted by Crippen LogP contribution is -2.12. The Kier molecular flexibility index (Phi) is 12.8. The topological polar surface area (TPSA) is 26.3 Å². The van der Waals surface area contributed by atoms with Gasteiger partial charge in [-0.3, -0.25) is 4.79 Å². The van der Waals surface area contributed by atoms with Crippen molar-refractivity contribution in [1.29, 1.82) is 0 Å². The fraction of sp³-hybridized carbons (Fsp3) is 0.938. The minimum Gasteiger partial charge on any atom is -0.371 e. The summed E-state index contributed by atoms with van der Waals surface area (Å²) in [5.74, 6) is 0.256. The smallest absolute Gasteiger partial charge is 0.158 e. The number of rotatable bonds is 13. The summed E-state index contributed by atoms with van der Waals surface area (Å²) < 4.78 is 5.29. The van der Waals surface area contributed by atoms with Crippen molar-refractivity contribution in [3.05, 3.63) is 0 Å². The predicted octanol–water partition coefficient (Wildman–Crippen LogP) is 4.90. The summed E-state index contributed by atoms with van der Waals surface area (Å²) in [4.78, 5) is 11.4. The largest absolute Gasteiger partial charge is 0.371 e. The van der Waals surface area contributed by atoms with Crippen molar-refractivity contribution in [3.8, 4) is 0 Å². The van der Waals surface area contributed by atoms with Crippen molar-refractivity contribution < 1.29 is 9.53 Å². The van der Waals surface area contributed by atoms with Gasteiger partial charge in [-0.15, -0.1) is 0 Å². The van der Waals surface area contributed by atoms with Crippen LogP contribution in [-0.2, 0) is 9.53 Å². The molecule has 0 aromatic carbocycles. The van der Waals surface area contributed by atoms with Gasteiger partial charge in [0.05, 0.1) is 6.10 Å². The van der Waals surface area contributed by atoms with Crippen molar-refractivity contribution in [2.75, 3.05) is 6.61 Å². The molecule has 0 aromatic rings. The molecule has 0 saturated heterocycles. The number of hydrogen-bond donors (Lipinski definition) is 0. The molecule has 0 atom stereocenters. The number of Topliss-reactive ketones (excluding diaryl/α,β-unsaturated/α-hetero) is 1. The molecule has 0 fully saturated rings. The van der Waals surface area contributed by atoms with Crippen molar-refractivity contribution in [2.45, 2.75) is 91.1 Å². The van der Waals surface area contributed by atoms with E-state index in [9.17, 15) is 4.79 Å². The van der Waals surface area contributed by atoms with Crippen molar-refractivity contribution in [2.24, 2.45) is 0 Å². The van der Waals surface area contributed by atoms with Crippen LogP contribution >= 0.6 is 0 Å². The Balaban J connectivity index is 3.12. The molecule has 0 aromatic heterocycles. The summed E-state index contributed by atoms with van der Waals surface area (Å²) in [6, 6.07) is 0. The number of hydrogen-bond acceptors (Lipinski definition) is 2. The Morgan fingerprint density at radius 2 is 1.39 bits per heavy atom. The molecule has 0 aliphatic heterocycles. The fourth-order valence-corrected chi connectivity index (χ4v) is 1.96. The maximum absolute atomic E-state index is 11.4. The second kappa shape index (κ2) is 13.1. The molecule has 0 radical (unpaired) electrons. The van der Waals surface area contributed by atoms with Gasteiger partial charge in [-0.25, -0.2) is 0 Å². The van der Waals surface area contributed by atoms with Crippen LogP contribution in [0.1, 0.15) is 85.0 Å². The lowest BCUT2D eigenvalue weighted by Gasteiger charge is -2.06. The van der Waals surface area contributed by atoms with Gasteiger partial charge >= 0.3 is 0 Å². The van der Waals surface area contributed by atoms with E-state index >= 15 is 0 Å². The summed E-state index contributed by atoms with van der Waals surface area (Å²) >= 11 is 0. The minimum absolute atomic E-state index is 0.164. The molecular formula is C16H32O2. The highest BCUT2D eigenvalue weighted by Gasteiger charge is 2.03. The maximum atomic E-state index is 11.4. The van der Waals surface area contributed by atoms with Gasteiger partial charge in [-0.05, 0) is 20.3 Å². The van der Waals surface area contributed by atoms with Crippen LogP contribution < -0.4 is 0 Å². The summed E-state index contributed by atoms with van der Waals surface area (Å²) in [5.41, 5.74) is 0. The van der Waals surface area contributed by atoms with Gasteiger partial charge in [-0.1, -0.05) is 58.3 Å². The number of ether oxygens (including phenoxy) is 1. The summed E-state index contributed by atoms with van der Waals surface area (Å²) in [5, 5.41) is 0. The molecule has 0 spiro atoms. The molecule has 108 valence electrons. The van der Waals surface area contributed by atoms with Gasteiger partial charge in [0.15, 0.2) is 5.78 Å². The molecule has 18 heavy (non-hydrogen) atoms. The maximum Gasteiger partial charge on any atom is 0.158 e. The highest BCUT2D eigenvalue weighted by atomic mass is 16.5. The summed E-state index contributed by atoms with van der Waals surface area (Å²) in [6.45, 7) is 6.48. The molecule has 2 nitrogen and oxygen atoms in total. The predicted molar refractivity (Wildman–Crippen MR) is 77.9 cm³/mol. The Hall–Kier alpha value is -0.370. The Morgan fingerprint density at radius 1 is 0.889 bits per heavy atom. The standard InChI is InChI=1S/C16H32O2/c1-4-5-6-7-8-9-10-11-12-13-16(17)14-18-15(2)3/h15H,4-14H2,1-3H3. The van der Waals surface area contributed by atoms with Crippen molar-refractivity contribution in [3.63, 3.8) is 0 Å². The number of unbranched alkanes of at least 4 members (excludes halogenated alkanes) is 8. The molecule has 0 heterocycles. The zero-order chi connectivity index (χ0) is 13.6. The van der Waals surface area contributed by atoms with E-state index in [2.05, 4.69) is 6.92 Å². The van der Waals surface area contributed by atoms with E-state index in [0.29, 0.717) is 13.0 Å². The quantitative estimate of drug-likeness (QED) is 0.438. The van der Waals surface area contributed by atoms with E-state index in [1.54, 1.807) is 0 Å². The number of ketones is 1. The highest BCUT2D eigenvalue weighted by Crippen LogP contribution is 2.10. The molecular weight excluding hydrogens is 224 g/mol. The van der Waals surface area contributed by atoms with Crippen LogP contribution in [0.3, 0.4) is 0 Å². The average molecular weight is 256 g/mol. The first kappa shape index (κ1) is 17.6. The molecule has 2 heteroatoms. The normalized spacial score (nSPS) is 11.1. The van der Waals surface area contributed by atoms with Gasteiger partial charge in [0.1, 0.15) is 6.61 Å². The lowest BCUT2D eigenvalue weighted by atomic mass is 10.1. The highest BCUT2D eigenvalue weighted by molar-refractivity contribution is 5.79. The summed E-state index contributed by atoms with van der Waals surface area (Å²) in [6.07, 6.45) is 12.5. The van der Waals surface area contributed by atoms with Crippen molar-refractivity contribution >= 4 is 5.78 Å². The van der Waals surface area contributed by atoms with E-state index < -0.39 is 0 Å². The fourth-order valence-electron chi connectivity index (χ4n) is 1.96. The van der Waals surface area contributed by atoms with Crippen LogP contribution in [0.5, 0.6) is 0 Å². The Bertz CT molecular complexity index is 188. The van der Waals surface area contributed by atoms with E-state index in [0.717, 1.165) is 6.42 Å². The molecule has 0 aliphatic carbocycles. The van der Waals surface area contributed by atoms with E-state index in [4.69, 9.17) is 4.74 Å². The van der Waals surface area contributed by atoms with E-state index in [-0.39, 0.29) is 11.9 Å². The first-order valence-corrected chi connectivity index (χ1v) is 7.80. The molecule has 0 N–H and O–H groups in total. The second-order valence-electron chi connectivity index (χ2n) is 5.48. The molecule has 0 unspecified atom stereocenters. The van der Waals surface area contributed by atoms with E-state index in [1.807, 2.05) is 13.8 Å². The van der Waals surface area contributed by atoms with Gasteiger partial charge in [0.2, 0.25) is 0 Å². The van der Waals surface area contributed by atoms with Crippen LogP contribution in [0.15, 0.2) is 0 Å². The van der Waals surface area contributed by atoms with Gasteiger partial charge < -0.3 is 4.74 Å². The second-order valence-corrected chi connectivity index (χ2v) is 5.48. The minimum atomic E-state index is 0.164. The SMILES string of the molecule is CCCCCCCCCCCC(=O)COC(C)C. The van der Waals surface area contributed by atoms with Crippen LogP contribution in [0.25, 0.3) is 0 Å². The molecule has 0 saturated carbocycles. The van der Waals surface area contributed by atoms with Crippen LogP contribution in [0, 0.1) is 0 Å². The monoisotopic (exact) mass is 256 g/mol. The first-order valence-electron chi connectivity index (χ1n) is 7.80. The van der Waals surface area contributed by atoms with E-state index in [1.165, 1.54) is 51.4 Å². The first-order chi connectivity index (χ1) is 8.66. The molecule has 0 amide bonds. The number of carbonyl (C=O) groups is 1. The summed E-state index contributed by atoms with van der Waals surface area (Å²) in [7, 11) is 0. The molecule has 0 bridgehead atoms. The van der Waals surface area contributed by atoms with Crippen LogP contribution in [0.2, 0.25) is 0 Å². The third kappa shape index (κ3) is 13.7. The van der Waals surface area contributed by atoms with Crippen molar-refractivity contribution in [1.82, 2.24) is 0 Å². The van der Waals surface area contributed by atoms with Crippen LogP contribution in [0.4, 0.5) is 0 Å². The zero-order valence-corrected chi connectivity index (χ0v) is 12.7. The average Bonchev–Trinajstić information content (AvgIpc) is 2.34. The van der Waals surface area contributed by atoms with Gasteiger partial charge in [0, 0.05) is 6.42 Å². The number of carbonyl (C=O) groups excluding carboxylic acids is 1. The van der Waals surface area contributed by atoms with Gasteiger partial charge in [-0.2, -0.15) is 0 Å². The zero-order valence-electron chi connectivity index (χ0n) is 12.7. The third-order valence-electron chi connectivity index (χ3n) is 3.14. The third-order valence-corrected chi connectivity index (χ3v) is 3.14. The van der Waals surface area contributed by atoms with Crippen LogP contribution in [-0.4, -0.2) is 18.5 Å². The molecule has 0 rings (SSSR count). The Labute approximate surface area is 113 Å². The molecule has 0 aliphatic rings. The Morgan fingerprint density at radius 3 is 1.89 bits per heavy atom.